The molecule has 10 heavy (non-hydrogen) atoms. The summed E-state index contributed by atoms with van der Waals surface area (Å²) in [7, 11) is 0. The molecule has 0 N–H and O–H groups in total. The van der Waals surface area contributed by atoms with E-state index in [1.165, 1.54) is 6.33 Å². The molecular weight excluding hydrogens is 128 g/mol. The van der Waals surface area contributed by atoms with Gasteiger partial charge in [0, 0.05) is 24.6 Å². The molecule has 0 atom stereocenters. The van der Waals surface area contributed by atoms with Crippen molar-refractivity contribution in [2.45, 2.75) is 13.5 Å². The molecule has 1 rings (SSSR count). The first-order chi connectivity index (χ1) is 4.93. The minimum atomic E-state index is 0.608. The summed E-state index contributed by atoms with van der Waals surface area (Å²) in [6, 6.07) is 0. The highest BCUT2D eigenvalue weighted by molar-refractivity contribution is 4.99. The lowest BCUT2D eigenvalue weighted by Gasteiger charge is -1.97. The van der Waals surface area contributed by atoms with E-state index in [0.29, 0.717) is 6.61 Å². The molecule has 0 amide bonds. The Kier molecular flexibility index (Phi) is 2.83. The van der Waals surface area contributed by atoms with E-state index in [1.54, 1.807) is 12.4 Å². The average Bonchev–Trinajstić information content (AvgIpc) is 2.03. The summed E-state index contributed by atoms with van der Waals surface area (Å²) in [4.78, 5) is 7.69. The number of hydrogen-bond acceptors (Lipinski definition) is 3. The fraction of sp³-hybridized carbons (Fsp3) is 0.429. The van der Waals surface area contributed by atoms with Gasteiger partial charge in [-0.2, -0.15) is 0 Å². The van der Waals surface area contributed by atoms with E-state index in [4.69, 9.17) is 4.74 Å². The SMILES string of the molecule is CCOCc1cncnc1. The predicted molar refractivity (Wildman–Crippen MR) is 37.4 cm³/mol. The van der Waals surface area contributed by atoms with E-state index in [0.717, 1.165) is 12.2 Å². The molecule has 0 aliphatic carbocycles. The Balaban J connectivity index is 2.43. The third-order valence-corrected chi connectivity index (χ3v) is 1.09. The van der Waals surface area contributed by atoms with Crippen LogP contribution in [0.15, 0.2) is 18.7 Å². The number of rotatable bonds is 3. The fourth-order valence-corrected chi connectivity index (χ4v) is 0.624. The van der Waals surface area contributed by atoms with Crippen LogP contribution >= 0.6 is 0 Å². The summed E-state index contributed by atoms with van der Waals surface area (Å²) in [6.45, 7) is 3.30. The van der Waals surface area contributed by atoms with Gasteiger partial charge in [0.1, 0.15) is 6.33 Å². The number of aromatic nitrogens is 2. The largest absolute Gasteiger partial charge is 0.377 e. The number of nitrogens with zero attached hydrogens (tertiary/aromatic N) is 2. The van der Waals surface area contributed by atoms with Crippen molar-refractivity contribution in [2.24, 2.45) is 0 Å². The molecule has 3 nitrogen and oxygen atoms in total. The number of hydrogen-bond donors (Lipinski definition) is 0. The molecule has 0 radical (unpaired) electrons. The molecular formula is C7H10N2O. The van der Waals surface area contributed by atoms with Crippen LogP contribution in [-0.4, -0.2) is 16.6 Å². The van der Waals surface area contributed by atoms with Crippen LogP contribution in [0, 0.1) is 0 Å². The Morgan fingerprint density at radius 2 is 2.10 bits per heavy atom. The molecule has 54 valence electrons. The molecule has 0 saturated heterocycles. The van der Waals surface area contributed by atoms with Crippen LogP contribution in [0.2, 0.25) is 0 Å². The molecule has 0 aliphatic rings. The lowest BCUT2D eigenvalue weighted by molar-refractivity contribution is 0.133. The van der Waals surface area contributed by atoms with Crippen LogP contribution in [0.4, 0.5) is 0 Å². The first-order valence-corrected chi connectivity index (χ1v) is 3.25. The topological polar surface area (TPSA) is 35.0 Å². The maximum atomic E-state index is 5.14. The minimum Gasteiger partial charge on any atom is -0.377 e. The Labute approximate surface area is 60.1 Å². The molecule has 0 spiro atoms. The second-order valence-electron chi connectivity index (χ2n) is 1.88. The van der Waals surface area contributed by atoms with Crippen molar-refractivity contribution in [3.05, 3.63) is 24.3 Å². The maximum Gasteiger partial charge on any atom is 0.115 e. The zero-order chi connectivity index (χ0) is 7.23. The van der Waals surface area contributed by atoms with Gasteiger partial charge in [-0.3, -0.25) is 0 Å². The van der Waals surface area contributed by atoms with Crippen molar-refractivity contribution in [3.8, 4) is 0 Å². The van der Waals surface area contributed by atoms with Crippen molar-refractivity contribution in [1.29, 1.82) is 0 Å². The normalized spacial score (nSPS) is 9.70. The van der Waals surface area contributed by atoms with Gasteiger partial charge in [-0.25, -0.2) is 9.97 Å². The van der Waals surface area contributed by atoms with Gasteiger partial charge in [0.2, 0.25) is 0 Å². The lowest BCUT2D eigenvalue weighted by atomic mass is 10.4. The van der Waals surface area contributed by atoms with E-state index in [-0.39, 0.29) is 0 Å². The van der Waals surface area contributed by atoms with Gasteiger partial charge in [0.25, 0.3) is 0 Å². The molecule has 0 bridgehead atoms. The maximum absolute atomic E-state index is 5.14. The third-order valence-electron chi connectivity index (χ3n) is 1.09. The zero-order valence-electron chi connectivity index (χ0n) is 5.95. The molecule has 0 saturated carbocycles. The highest BCUT2D eigenvalue weighted by Crippen LogP contribution is 1.94. The van der Waals surface area contributed by atoms with E-state index in [1.807, 2.05) is 6.92 Å². The van der Waals surface area contributed by atoms with Crippen LogP contribution in [-0.2, 0) is 11.3 Å². The Bertz CT molecular complexity index is 176. The summed E-state index contributed by atoms with van der Waals surface area (Å²) in [5, 5.41) is 0. The molecule has 0 fully saturated rings. The first kappa shape index (κ1) is 7.15. The minimum absolute atomic E-state index is 0.608. The van der Waals surface area contributed by atoms with Crippen molar-refractivity contribution < 1.29 is 4.74 Å². The average molecular weight is 138 g/mol. The van der Waals surface area contributed by atoms with Crippen LogP contribution in [0.5, 0.6) is 0 Å². The molecule has 1 heterocycles. The number of ether oxygens (including phenoxy) is 1. The molecule has 0 aromatic carbocycles. The second-order valence-corrected chi connectivity index (χ2v) is 1.88. The summed E-state index contributed by atoms with van der Waals surface area (Å²) in [5.41, 5.74) is 1.02. The van der Waals surface area contributed by atoms with Gasteiger partial charge in [0.15, 0.2) is 0 Å². The quantitative estimate of drug-likeness (QED) is 0.625. The van der Waals surface area contributed by atoms with Crippen LogP contribution in [0.25, 0.3) is 0 Å². The van der Waals surface area contributed by atoms with Gasteiger partial charge in [-0.05, 0) is 6.92 Å². The van der Waals surface area contributed by atoms with E-state index < -0.39 is 0 Å². The summed E-state index contributed by atoms with van der Waals surface area (Å²) in [6.07, 6.45) is 5.01. The fourth-order valence-electron chi connectivity index (χ4n) is 0.624. The van der Waals surface area contributed by atoms with Gasteiger partial charge >= 0.3 is 0 Å². The monoisotopic (exact) mass is 138 g/mol. The van der Waals surface area contributed by atoms with Crippen LogP contribution in [0.1, 0.15) is 12.5 Å². The Morgan fingerprint density at radius 1 is 1.40 bits per heavy atom. The highest BCUT2D eigenvalue weighted by Gasteiger charge is 1.88. The van der Waals surface area contributed by atoms with Crippen LogP contribution in [0.3, 0.4) is 0 Å². The third kappa shape index (κ3) is 2.11. The second kappa shape index (κ2) is 3.95. The summed E-state index contributed by atoms with van der Waals surface area (Å²) in [5.74, 6) is 0. The molecule has 1 aromatic rings. The zero-order valence-corrected chi connectivity index (χ0v) is 5.95. The van der Waals surface area contributed by atoms with E-state index >= 15 is 0 Å². The van der Waals surface area contributed by atoms with Gasteiger partial charge in [0.05, 0.1) is 6.61 Å². The van der Waals surface area contributed by atoms with Crippen LogP contribution < -0.4 is 0 Å². The Morgan fingerprint density at radius 3 is 2.70 bits per heavy atom. The Hall–Kier alpha value is -0.960. The van der Waals surface area contributed by atoms with E-state index in [2.05, 4.69) is 9.97 Å². The van der Waals surface area contributed by atoms with Crippen molar-refractivity contribution >= 4 is 0 Å². The molecule has 3 heteroatoms. The lowest BCUT2D eigenvalue weighted by Crippen LogP contribution is -1.92. The van der Waals surface area contributed by atoms with Gasteiger partial charge in [-0.1, -0.05) is 0 Å². The highest BCUT2D eigenvalue weighted by atomic mass is 16.5. The van der Waals surface area contributed by atoms with Crippen molar-refractivity contribution in [3.63, 3.8) is 0 Å². The molecule has 1 aromatic heterocycles. The smallest absolute Gasteiger partial charge is 0.115 e. The molecule has 0 aliphatic heterocycles. The van der Waals surface area contributed by atoms with Gasteiger partial charge in [-0.15, -0.1) is 0 Å². The first-order valence-electron chi connectivity index (χ1n) is 3.25. The molecule has 0 unspecified atom stereocenters. The standard InChI is InChI=1S/C7H10N2O/c1-2-10-5-7-3-8-6-9-4-7/h3-4,6H,2,5H2,1H3. The van der Waals surface area contributed by atoms with Crippen molar-refractivity contribution in [2.75, 3.05) is 6.61 Å². The van der Waals surface area contributed by atoms with Crippen molar-refractivity contribution in [1.82, 2.24) is 9.97 Å². The summed E-state index contributed by atoms with van der Waals surface area (Å²) >= 11 is 0. The van der Waals surface area contributed by atoms with E-state index in [9.17, 15) is 0 Å². The van der Waals surface area contributed by atoms with Gasteiger partial charge < -0.3 is 4.74 Å². The predicted octanol–water partition coefficient (Wildman–Crippen LogP) is 1.01. The summed E-state index contributed by atoms with van der Waals surface area (Å²) < 4.78 is 5.14.